The largest absolute Gasteiger partial charge is 0.371 e. The van der Waals surface area contributed by atoms with E-state index in [1.807, 2.05) is 13.8 Å². The zero-order chi connectivity index (χ0) is 12.3. The van der Waals surface area contributed by atoms with Crippen molar-refractivity contribution in [2.24, 2.45) is 0 Å². The second-order valence-corrected chi connectivity index (χ2v) is 5.33. The number of aryl methyl sites for hydroxylation is 1. The van der Waals surface area contributed by atoms with Gasteiger partial charge in [0.2, 0.25) is 0 Å². The van der Waals surface area contributed by atoms with Gasteiger partial charge in [0.25, 0.3) is 0 Å². The fourth-order valence-electron chi connectivity index (χ4n) is 1.31. The van der Waals surface area contributed by atoms with Crippen LogP contribution < -0.4 is 0 Å². The van der Waals surface area contributed by atoms with Crippen LogP contribution in [-0.2, 0) is 16.8 Å². The Morgan fingerprint density at radius 2 is 2.12 bits per heavy atom. The minimum Gasteiger partial charge on any atom is -0.371 e. The van der Waals surface area contributed by atoms with Crippen LogP contribution in [0.3, 0.4) is 0 Å². The van der Waals surface area contributed by atoms with Gasteiger partial charge in [-0.25, -0.2) is 4.98 Å². The Morgan fingerprint density at radius 1 is 1.50 bits per heavy atom. The lowest BCUT2D eigenvalue weighted by molar-refractivity contribution is 0.0111. The van der Waals surface area contributed by atoms with Crippen LogP contribution in [0.1, 0.15) is 38.7 Å². The molecule has 1 aromatic heterocycles. The summed E-state index contributed by atoms with van der Waals surface area (Å²) in [6.07, 6.45) is 2.00. The molecular weight excluding hydrogens is 288 g/mol. The summed E-state index contributed by atoms with van der Waals surface area (Å²) >= 11 is 8.69. The number of nitrogens with zero attached hydrogens (tertiary/aromatic N) is 1. The molecule has 0 unspecified atom stereocenters. The molecule has 0 amide bonds. The minimum atomic E-state index is -0.448. The number of aromatic amines is 1. The summed E-state index contributed by atoms with van der Waals surface area (Å²) in [6.45, 7) is 6.05. The first-order valence-corrected chi connectivity index (χ1v) is 6.46. The maximum Gasteiger partial charge on any atom is 0.144 e. The van der Waals surface area contributed by atoms with E-state index >= 15 is 0 Å². The summed E-state index contributed by atoms with van der Waals surface area (Å²) in [5.41, 5.74) is 0.638. The van der Waals surface area contributed by atoms with Gasteiger partial charge in [0.15, 0.2) is 0 Å². The zero-order valence-electron chi connectivity index (χ0n) is 10.1. The maximum atomic E-state index is 5.40. The molecule has 1 heterocycles. The summed E-state index contributed by atoms with van der Waals surface area (Å²) in [4.78, 5) is 7.64. The Kier molecular flexibility index (Phi) is 4.64. The lowest BCUT2D eigenvalue weighted by Gasteiger charge is -2.22. The van der Waals surface area contributed by atoms with E-state index in [2.05, 4.69) is 32.8 Å². The number of rotatable bonds is 4. The topological polar surface area (TPSA) is 37.9 Å². The smallest absolute Gasteiger partial charge is 0.144 e. The molecular formula is C11H17BrN2OS. The quantitative estimate of drug-likeness (QED) is 0.861. The van der Waals surface area contributed by atoms with Crippen molar-refractivity contribution in [3.63, 3.8) is 0 Å². The average Bonchev–Trinajstić information content (AvgIpc) is 2.24. The van der Waals surface area contributed by atoms with Crippen molar-refractivity contribution in [3.8, 4) is 0 Å². The number of hydrogen-bond donors (Lipinski definition) is 1. The highest BCUT2D eigenvalue weighted by Crippen LogP contribution is 2.24. The molecule has 1 rings (SSSR count). The lowest BCUT2D eigenvalue weighted by Crippen LogP contribution is -2.24. The molecule has 1 aromatic rings. The van der Waals surface area contributed by atoms with Gasteiger partial charge in [-0.2, -0.15) is 0 Å². The number of hydrogen-bond acceptors (Lipinski definition) is 3. The number of ether oxygens (including phenoxy) is 1. The normalized spacial score (nSPS) is 11.8. The van der Waals surface area contributed by atoms with E-state index in [9.17, 15) is 0 Å². The summed E-state index contributed by atoms with van der Waals surface area (Å²) < 4.78 is 6.87. The Labute approximate surface area is 110 Å². The minimum absolute atomic E-state index is 0.448. The lowest BCUT2D eigenvalue weighted by atomic mass is 10.1. The molecule has 0 aliphatic heterocycles. The third-order valence-electron chi connectivity index (χ3n) is 2.52. The van der Waals surface area contributed by atoms with Crippen molar-refractivity contribution in [2.75, 3.05) is 7.11 Å². The highest BCUT2D eigenvalue weighted by Gasteiger charge is 2.23. The molecule has 16 heavy (non-hydrogen) atoms. The molecule has 0 aliphatic rings. The molecule has 0 aromatic carbocycles. The molecule has 0 fully saturated rings. The molecule has 0 spiro atoms. The van der Waals surface area contributed by atoms with Crippen molar-refractivity contribution in [2.45, 2.75) is 39.2 Å². The molecule has 5 heteroatoms. The summed E-state index contributed by atoms with van der Waals surface area (Å²) in [6, 6.07) is 0. The molecule has 0 atom stereocenters. The van der Waals surface area contributed by atoms with E-state index in [4.69, 9.17) is 17.0 Å². The number of methoxy groups -OCH3 is 1. The van der Waals surface area contributed by atoms with Crippen LogP contribution in [0.4, 0.5) is 0 Å². The van der Waals surface area contributed by atoms with E-state index < -0.39 is 5.60 Å². The van der Waals surface area contributed by atoms with Gasteiger partial charge in [0, 0.05) is 12.8 Å². The van der Waals surface area contributed by atoms with Crippen molar-refractivity contribution in [1.82, 2.24) is 9.97 Å². The first-order valence-electron chi connectivity index (χ1n) is 5.26. The highest BCUT2D eigenvalue weighted by molar-refractivity contribution is 9.10. The summed E-state index contributed by atoms with van der Waals surface area (Å²) in [5, 5.41) is 0. The third kappa shape index (κ3) is 2.90. The predicted octanol–water partition coefficient (Wildman–Crippen LogP) is 3.74. The molecule has 1 N–H and O–H groups in total. The monoisotopic (exact) mass is 304 g/mol. The standard InChI is InChI=1S/C11H17BrN2OS/c1-5-6-7-8(12)9(16)14-10(13-7)11(2,3)15-4/h5-6H2,1-4H3,(H,13,14,16). The molecule has 0 aliphatic carbocycles. The molecule has 90 valence electrons. The van der Waals surface area contributed by atoms with Gasteiger partial charge in [-0.3, -0.25) is 0 Å². The van der Waals surface area contributed by atoms with E-state index in [1.165, 1.54) is 0 Å². The van der Waals surface area contributed by atoms with Crippen LogP contribution in [0.2, 0.25) is 0 Å². The zero-order valence-corrected chi connectivity index (χ0v) is 12.5. The van der Waals surface area contributed by atoms with E-state index in [1.54, 1.807) is 7.11 Å². The van der Waals surface area contributed by atoms with Crippen molar-refractivity contribution < 1.29 is 4.74 Å². The fourth-order valence-corrected chi connectivity index (χ4v) is 1.91. The number of nitrogens with one attached hydrogen (secondary N) is 1. The van der Waals surface area contributed by atoms with Gasteiger partial charge in [-0.05, 0) is 36.2 Å². The SMILES string of the molecule is CCCc1[nH]c(C(C)(C)OC)nc(=S)c1Br. The van der Waals surface area contributed by atoms with Gasteiger partial charge in [0.1, 0.15) is 16.1 Å². The van der Waals surface area contributed by atoms with Crippen LogP contribution in [-0.4, -0.2) is 17.1 Å². The Morgan fingerprint density at radius 3 is 2.62 bits per heavy atom. The van der Waals surface area contributed by atoms with Gasteiger partial charge < -0.3 is 9.72 Å². The van der Waals surface area contributed by atoms with Crippen LogP contribution in [0.25, 0.3) is 0 Å². The Bertz CT molecular complexity index is 428. The molecule has 0 radical (unpaired) electrons. The fraction of sp³-hybridized carbons (Fsp3) is 0.636. The summed E-state index contributed by atoms with van der Waals surface area (Å²) in [7, 11) is 1.67. The molecule has 3 nitrogen and oxygen atoms in total. The van der Waals surface area contributed by atoms with Crippen LogP contribution in [0.5, 0.6) is 0 Å². The average molecular weight is 305 g/mol. The second kappa shape index (κ2) is 5.38. The van der Waals surface area contributed by atoms with E-state index in [-0.39, 0.29) is 0 Å². The van der Waals surface area contributed by atoms with E-state index in [0.717, 1.165) is 28.8 Å². The van der Waals surface area contributed by atoms with Gasteiger partial charge in [-0.15, -0.1) is 0 Å². The third-order valence-corrected chi connectivity index (χ3v) is 3.93. The number of halogens is 1. The van der Waals surface area contributed by atoms with Crippen LogP contribution in [0, 0.1) is 4.64 Å². The maximum absolute atomic E-state index is 5.40. The van der Waals surface area contributed by atoms with E-state index in [0.29, 0.717) is 4.64 Å². The molecule has 0 bridgehead atoms. The number of aromatic nitrogens is 2. The second-order valence-electron chi connectivity index (χ2n) is 4.15. The van der Waals surface area contributed by atoms with Crippen LogP contribution in [0.15, 0.2) is 4.47 Å². The molecule has 0 saturated heterocycles. The first kappa shape index (κ1) is 13.8. The Balaban J connectivity index is 3.29. The summed E-state index contributed by atoms with van der Waals surface area (Å²) in [5.74, 6) is 0.770. The van der Waals surface area contributed by atoms with Gasteiger partial charge in [0.05, 0.1) is 4.47 Å². The first-order chi connectivity index (χ1) is 7.42. The van der Waals surface area contributed by atoms with Crippen LogP contribution >= 0.6 is 28.1 Å². The van der Waals surface area contributed by atoms with Crippen molar-refractivity contribution >= 4 is 28.1 Å². The van der Waals surface area contributed by atoms with Crippen molar-refractivity contribution in [1.29, 1.82) is 0 Å². The highest BCUT2D eigenvalue weighted by atomic mass is 79.9. The van der Waals surface area contributed by atoms with Gasteiger partial charge in [-0.1, -0.05) is 25.6 Å². The Hall–Kier alpha value is -0.260. The number of H-pyrrole nitrogens is 1. The molecule has 0 saturated carbocycles. The van der Waals surface area contributed by atoms with Crippen molar-refractivity contribution in [3.05, 3.63) is 20.6 Å². The van der Waals surface area contributed by atoms with Gasteiger partial charge >= 0.3 is 0 Å². The predicted molar refractivity (Wildman–Crippen MR) is 71.2 cm³/mol.